The first kappa shape index (κ1) is 35.2. The number of hydrogen-bond donors (Lipinski definition) is 8. The Morgan fingerprint density at radius 2 is 1.63 bits per heavy atom. The van der Waals surface area contributed by atoms with Gasteiger partial charge in [-0.2, -0.15) is 0 Å². The predicted octanol–water partition coefficient (Wildman–Crippen LogP) is 1.88. The maximum Gasteiger partial charge on any atom is 0.187 e. The van der Waals surface area contributed by atoms with Crippen LogP contribution in [-0.2, 0) is 9.47 Å². The summed E-state index contributed by atoms with van der Waals surface area (Å²) in [6.07, 6.45) is 2.27. The highest BCUT2D eigenvalue weighted by atomic mass is 16.7. The molecule has 17 atom stereocenters. The van der Waals surface area contributed by atoms with E-state index in [9.17, 15) is 40.9 Å². The Balaban J connectivity index is 1.18. The van der Waals surface area contributed by atoms with Crippen LogP contribution >= 0.6 is 0 Å². The van der Waals surface area contributed by atoms with Crippen LogP contribution in [0.5, 0.6) is 0 Å². The lowest BCUT2D eigenvalue weighted by atomic mass is 9.41. The van der Waals surface area contributed by atoms with Gasteiger partial charge >= 0.3 is 0 Å². The molecule has 5 aliphatic carbocycles. The zero-order valence-corrected chi connectivity index (χ0v) is 28.5. The summed E-state index contributed by atoms with van der Waals surface area (Å²) >= 11 is 0. The summed E-state index contributed by atoms with van der Waals surface area (Å²) in [5.74, 6) is 0.875. The van der Waals surface area contributed by atoms with Gasteiger partial charge in [0.05, 0.1) is 37.1 Å². The number of ether oxygens (including phenoxy) is 2. The highest BCUT2D eigenvalue weighted by molar-refractivity contribution is 5.38. The fraction of sp³-hybridized carbons (Fsp3) is 0.944. The Morgan fingerprint density at radius 1 is 0.935 bits per heavy atom. The lowest BCUT2D eigenvalue weighted by molar-refractivity contribution is -0.322. The van der Waals surface area contributed by atoms with Crippen LogP contribution in [0.15, 0.2) is 12.2 Å². The van der Waals surface area contributed by atoms with Gasteiger partial charge in [-0.05, 0) is 111 Å². The van der Waals surface area contributed by atoms with Crippen molar-refractivity contribution in [1.29, 1.82) is 0 Å². The summed E-state index contributed by atoms with van der Waals surface area (Å²) in [6.45, 7) is 11.7. The lowest BCUT2D eigenvalue weighted by Crippen LogP contribution is -2.61. The van der Waals surface area contributed by atoms with E-state index < -0.39 is 66.6 Å². The van der Waals surface area contributed by atoms with Gasteiger partial charge in [0.25, 0.3) is 0 Å². The van der Waals surface area contributed by atoms with Gasteiger partial charge in [-0.25, -0.2) is 0 Å². The molecule has 0 aromatic heterocycles. The Labute approximate surface area is 273 Å². The van der Waals surface area contributed by atoms with E-state index in [1.807, 2.05) is 13.0 Å². The Bertz CT molecular complexity index is 1170. The Hall–Kier alpha value is -0.660. The molecule has 46 heavy (non-hydrogen) atoms. The summed E-state index contributed by atoms with van der Waals surface area (Å²) in [5, 5.41) is 85.0. The maximum atomic E-state index is 12.0. The topological polar surface area (TPSA) is 180 Å². The lowest BCUT2D eigenvalue weighted by Gasteiger charge is -2.63. The van der Waals surface area contributed by atoms with E-state index in [2.05, 4.69) is 26.8 Å². The van der Waals surface area contributed by atoms with E-state index in [0.29, 0.717) is 18.8 Å². The number of hydrogen-bond acceptors (Lipinski definition) is 10. The van der Waals surface area contributed by atoms with Crippen molar-refractivity contribution >= 4 is 0 Å². The molecule has 0 amide bonds. The van der Waals surface area contributed by atoms with E-state index in [0.717, 1.165) is 38.5 Å². The highest BCUT2D eigenvalue weighted by Gasteiger charge is 2.83. The zero-order valence-electron chi connectivity index (χ0n) is 28.5. The first-order valence-corrected chi connectivity index (χ1v) is 17.7. The van der Waals surface area contributed by atoms with Gasteiger partial charge in [-0.15, -0.1) is 0 Å². The summed E-state index contributed by atoms with van der Waals surface area (Å²) in [6, 6.07) is 0. The minimum atomic E-state index is -1.55. The number of aliphatic hydroxyl groups excluding tert-OH is 7. The van der Waals surface area contributed by atoms with Gasteiger partial charge < -0.3 is 50.3 Å². The number of rotatable bonds is 9. The van der Waals surface area contributed by atoms with Gasteiger partial charge in [-0.3, -0.25) is 0 Å². The monoisotopic (exact) mass is 652 g/mol. The van der Waals surface area contributed by atoms with Crippen LogP contribution in [0.4, 0.5) is 0 Å². The van der Waals surface area contributed by atoms with E-state index in [4.69, 9.17) is 9.47 Å². The average molecular weight is 653 g/mol. The molecule has 1 saturated heterocycles. The van der Waals surface area contributed by atoms with Crippen LogP contribution in [-0.4, -0.2) is 109 Å². The van der Waals surface area contributed by atoms with Crippen molar-refractivity contribution in [3.8, 4) is 0 Å². The SMILES string of the molecule is C[C@H](CC[C@@H](O[C@@H]1O[C@H](CO)[C@@H](O)[C@H](O)[C@H]1O)C(C)(C)O)C1CC[C@@]2(C)C3[C@@H](O)CC4C5(C=C[C@H](O)[C@]4(C)CO)CC35CC[C@]12C. The molecule has 0 aromatic carbocycles. The molecule has 264 valence electrons. The molecule has 5 fully saturated rings. The van der Waals surface area contributed by atoms with Gasteiger partial charge in [0.1, 0.15) is 24.4 Å². The first-order valence-electron chi connectivity index (χ1n) is 17.7. The van der Waals surface area contributed by atoms with Gasteiger partial charge in [0, 0.05) is 5.41 Å². The van der Waals surface area contributed by atoms with E-state index in [1.54, 1.807) is 13.8 Å². The smallest absolute Gasteiger partial charge is 0.187 e. The fourth-order valence-corrected chi connectivity index (χ4v) is 12.3. The normalized spacial score (nSPS) is 54.3. The van der Waals surface area contributed by atoms with E-state index in [-0.39, 0.29) is 46.0 Å². The number of fused-ring (bicyclic) bond motifs is 2. The van der Waals surface area contributed by atoms with Crippen molar-refractivity contribution in [2.45, 2.75) is 148 Å². The van der Waals surface area contributed by atoms with Crippen molar-refractivity contribution in [3.63, 3.8) is 0 Å². The minimum Gasteiger partial charge on any atom is -0.396 e. The molecule has 8 N–H and O–H groups in total. The molecule has 6 rings (SSSR count). The van der Waals surface area contributed by atoms with Gasteiger partial charge in [0.2, 0.25) is 0 Å². The molecule has 4 saturated carbocycles. The standard InChI is InChI=1S/C36H60O10/c1-19(7-8-25(31(2,3)44)46-30-28(43)27(42)26(41)22(16-37)45-30)20-9-11-34(6)29-21(39)15-23-32(4,18-38)24(40)10-12-35(23)17-36(29,35)14-13-33(20,34)5/h10,12,19-30,37-44H,7-9,11,13-18H2,1-6H3/t19-,20?,21+,22-,23?,24+,25-,26-,27+,28-,29?,30+,32-,33-,34+,35?,36?/m1/s1. The van der Waals surface area contributed by atoms with Crippen molar-refractivity contribution in [3.05, 3.63) is 12.2 Å². The van der Waals surface area contributed by atoms with Crippen LogP contribution in [0.25, 0.3) is 0 Å². The Kier molecular flexibility index (Phi) is 8.74. The number of allylic oxidation sites excluding steroid dienone is 1. The van der Waals surface area contributed by atoms with Crippen molar-refractivity contribution < 1.29 is 50.3 Å². The second-order valence-electron chi connectivity index (χ2n) is 17.7. The highest BCUT2D eigenvalue weighted by Crippen LogP contribution is 2.88. The van der Waals surface area contributed by atoms with Crippen molar-refractivity contribution in [1.82, 2.24) is 0 Å². The first-order chi connectivity index (χ1) is 21.4. The van der Waals surface area contributed by atoms with E-state index >= 15 is 0 Å². The molecule has 0 radical (unpaired) electrons. The molecule has 10 heteroatoms. The molecular weight excluding hydrogens is 592 g/mol. The molecule has 10 nitrogen and oxygen atoms in total. The molecule has 5 unspecified atom stereocenters. The van der Waals surface area contributed by atoms with Crippen LogP contribution in [0, 0.1) is 50.7 Å². The molecule has 0 bridgehead atoms. The predicted molar refractivity (Wildman–Crippen MR) is 169 cm³/mol. The van der Waals surface area contributed by atoms with Crippen LogP contribution in [0.3, 0.4) is 0 Å². The summed E-state index contributed by atoms with van der Waals surface area (Å²) < 4.78 is 11.7. The third-order valence-electron chi connectivity index (χ3n) is 15.3. The second-order valence-corrected chi connectivity index (χ2v) is 17.7. The third kappa shape index (κ3) is 4.72. The average Bonchev–Trinajstić information content (AvgIpc) is 3.56. The fourth-order valence-electron chi connectivity index (χ4n) is 12.3. The van der Waals surface area contributed by atoms with Crippen LogP contribution in [0.2, 0.25) is 0 Å². The summed E-state index contributed by atoms with van der Waals surface area (Å²) in [4.78, 5) is 0. The number of aliphatic hydroxyl groups is 8. The second kappa shape index (κ2) is 11.4. The molecule has 2 spiro atoms. The largest absolute Gasteiger partial charge is 0.396 e. The quantitative estimate of drug-likeness (QED) is 0.171. The van der Waals surface area contributed by atoms with E-state index in [1.165, 1.54) is 0 Å². The zero-order chi connectivity index (χ0) is 33.8. The molecule has 0 aromatic rings. The summed E-state index contributed by atoms with van der Waals surface area (Å²) in [7, 11) is 0. The summed E-state index contributed by atoms with van der Waals surface area (Å²) in [5.41, 5.74) is -2.10. The minimum absolute atomic E-state index is 0.000460. The van der Waals surface area contributed by atoms with Crippen LogP contribution in [0.1, 0.15) is 92.9 Å². The molecule has 1 heterocycles. The Morgan fingerprint density at radius 3 is 2.26 bits per heavy atom. The third-order valence-corrected chi connectivity index (χ3v) is 15.3. The molecule has 1 aliphatic heterocycles. The molecular formula is C36H60O10. The van der Waals surface area contributed by atoms with Crippen LogP contribution < -0.4 is 0 Å². The van der Waals surface area contributed by atoms with Crippen molar-refractivity contribution in [2.24, 2.45) is 50.7 Å². The maximum absolute atomic E-state index is 12.0. The molecule has 6 aliphatic rings. The van der Waals surface area contributed by atoms with Gasteiger partial charge in [-0.1, -0.05) is 39.8 Å². The van der Waals surface area contributed by atoms with Crippen molar-refractivity contribution in [2.75, 3.05) is 13.2 Å². The van der Waals surface area contributed by atoms with Gasteiger partial charge in [0.15, 0.2) is 6.29 Å².